The number of anilines is 1. The average Bonchev–Trinajstić information content (AvgIpc) is 2.65. The van der Waals surface area contributed by atoms with Crippen molar-refractivity contribution in [2.75, 3.05) is 26.6 Å². The van der Waals surface area contributed by atoms with E-state index in [1.165, 1.54) is 21.3 Å². The van der Waals surface area contributed by atoms with Crippen LogP contribution in [0.1, 0.15) is 41.5 Å². The van der Waals surface area contributed by atoms with Gasteiger partial charge in [-0.05, 0) is 45.0 Å². The summed E-state index contributed by atoms with van der Waals surface area (Å²) in [5, 5.41) is 5.68. The van der Waals surface area contributed by atoms with E-state index in [1.54, 1.807) is 36.4 Å². The third-order valence-electron chi connectivity index (χ3n) is 3.84. The molecule has 0 aliphatic rings. The minimum atomic E-state index is -0.407. The molecule has 0 aromatic heterocycles. The van der Waals surface area contributed by atoms with E-state index in [4.69, 9.17) is 14.2 Å². The number of hydrogen-bond donors (Lipinski definition) is 2. The van der Waals surface area contributed by atoms with Crippen LogP contribution < -0.4 is 24.8 Å². The molecule has 2 N–H and O–H groups in total. The molecule has 2 amide bonds. The monoisotopic (exact) mass is 386 g/mol. The molecular weight excluding hydrogens is 360 g/mol. The van der Waals surface area contributed by atoms with Crippen molar-refractivity contribution in [3.63, 3.8) is 0 Å². The van der Waals surface area contributed by atoms with Gasteiger partial charge in [0.05, 0.1) is 32.6 Å². The van der Waals surface area contributed by atoms with Gasteiger partial charge in [0.1, 0.15) is 0 Å². The van der Waals surface area contributed by atoms with E-state index in [0.29, 0.717) is 34.1 Å². The van der Waals surface area contributed by atoms with Crippen molar-refractivity contribution in [1.82, 2.24) is 5.32 Å². The molecule has 0 aliphatic heterocycles. The lowest BCUT2D eigenvalue weighted by molar-refractivity contribution is 0.0920. The Bertz CT molecular complexity index is 846. The highest BCUT2D eigenvalue weighted by Crippen LogP contribution is 2.38. The zero-order valence-electron chi connectivity index (χ0n) is 17.0. The molecule has 0 bridgehead atoms. The smallest absolute Gasteiger partial charge is 0.255 e. The zero-order valence-corrected chi connectivity index (χ0v) is 17.0. The van der Waals surface area contributed by atoms with Gasteiger partial charge in [-0.15, -0.1) is 0 Å². The molecule has 2 aromatic carbocycles. The molecule has 0 saturated carbocycles. The molecule has 2 rings (SSSR count). The van der Waals surface area contributed by atoms with E-state index in [1.807, 2.05) is 20.8 Å². The molecule has 7 heteroatoms. The van der Waals surface area contributed by atoms with Gasteiger partial charge in [-0.2, -0.15) is 0 Å². The summed E-state index contributed by atoms with van der Waals surface area (Å²) in [6.07, 6.45) is 0. The predicted octanol–water partition coefficient (Wildman–Crippen LogP) is 3.49. The number of carbonyl (C=O) groups is 2. The largest absolute Gasteiger partial charge is 0.493 e. The van der Waals surface area contributed by atoms with Gasteiger partial charge < -0.3 is 24.8 Å². The Labute approximate surface area is 165 Å². The molecule has 0 heterocycles. The second-order valence-electron chi connectivity index (χ2n) is 7.12. The third-order valence-corrected chi connectivity index (χ3v) is 3.84. The minimum Gasteiger partial charge on any atom is -0.493 e. The molecule has 0 saturated heterocycles. The number of carbonyl (C=O) groups excluding carboxylic acids is 2. The van der Waals surface area contributed by atoms with Crippen LogP contribution in [-0.4, -0.2) is 38.7 Å². The number of benzene rings is 2. The van der Waals surface area contributed by atoms with Crippen molar-refractivity contribution in [2.45, 2.75) is 26.3 Å². The first-order valence-electron chi connectivity index (χ1n) is 8.73. The average molecular weight is 386 g/mol. The van der Waals surface area contributed by atoms with Crippen molar-refractivity contribution in [3.8, 4) is 17.2 Å². The highest BCUT2D eigenvalue weighted by atomic mass is 16.5. The van der Waals surface area contributed by atoms with E-state index in [-0.39, 0.29) is 5.91 Å². The third kappa shape index (κ3) is 4.94. The minimum absolute atomic E-state index is 0.270. The van der Waals surface area contributed by atoms with E-state index < -0.39 is 11.4 Å². The molecule has 150 valence electrons. The predicted molar refractivity (Wildman–Crippen MR) is 108 cm³/mol. The molecule has 0 spiro atoms. The first kappa shape index (κ1) is 21.1. The van der Waals surface area contributed by atoms with Crippen molar-refractivity contribution >= 4 is 17.5 Å². The van der Waals surface area contributed by atoms with Crippen LogP contribution in [0.5, 0.6) is 17.2 Å². The molecule has 0 radical (unpaired) electrons. The summed E-state index contributed by atoms with van der Waals surface area (Å²) >= 11 is 0. The zero-order chi connectivity index (χ0) is 20.9. The Hall–Kier alpha value is -3.22. The van der Waals surface area contributed by atoms with Crippen LogP contribution in [-0.2, 0) is 0 Å². The van der Waals surface area contributed by atoms with Gasteiger partial charge in [0.2, 0.25) is 5.75 Å². The first-order valence-corrected chi connectivity index (χ1v) is 8.73. The van der Waals surface area contributed by atoms with Crippen molar-refractivity contribution in [1.29, 1.82) is 0 Å². The summed E-state index contributed by atoms with van der Waals surface area (Å²) in [5.74, 6) is 0.451. The number of amides is 2. The van der Waals surface area contributed by atoms with E-state index in [0.717, 1.165) is 0 Å². The van der Waals surface area contributed by atoms with Gasteiger partial charge in [0.15, 0.2) is 11.5 Å². The number of nitrogens with one attached hydrogen (secondary N) is 2. The SMILES string of the molecule is COc1cc(C(=O)Nc2ccccc2C(=O)NC(C)(C)C)cc(OC)c1OC. The Morgan fingerprint density at radius 1 is 0.857 bits per heavy atom. The van der Waals surface area contributed by atoms with Crippen molar-refractivity contribution < 1.29 is 23.8 Å². The summed E-state index contributed by atoms with van der Waals surface area (Å²) in [5.41, 5.74) is 0.687. The van der Waals surface area contributed by atoms with Gasteiger partial charge in [-0.3, -0.25) is 9.59 Å². The van der Waals surface area contributed by atoms with Crippen LogP contribution in [0.3, 0.4) is 0 Å². The van der Waals surface area contributed by atoms with Crippen molar-refractivity contribution in [3.05, 3.63) is 47.5 Å². The van der Waals surface area contributed by atoms with Crippen LogP contribution in [0.25, 0.3) is 0 Å². The summed E-state index contributed by atoms with van der Waals surface area (Å²) in [4.78, 5) is 25.4. The van der Waals surface area contributed by atoms with Crippen molar-refractivity contribution in [2.24, 2.45) is 0 Å². The number of ether oxygens (including phenoxy) is 3. The lowest BCUT2D eigenvalue weighted by Gasteiger charge is -2.21. The maximum absolute atomic E-state index is 12.8. The standard InChI is InChI=1S/C21H26N2O5/c1-21(2,3)23-20(25)14-9-7-8-10-15(14)22-19(24)13-11-16(26-4)18(28-6)17(12-13)27-5/h7-12H,1-6H3,(H,22,24)(H,23,25). The van der Waals surface area contributed by atoms with Gasteiger partial charge in [-0.1, -0.05) is 12.1 Å². The molecular formula is C21H26N2O5. The van der Waals surface area contributed by atoms with Gasteiger partial charge in [-0.25, -0.2) is 0 Å². The highest BCUT2D eigenvalue weighted by molar-refractivity contribution is 6.09. The summed E-state index contributed by atoms with van der Waals surface area (Å²) in [6, 6.07) is 9.92. The molecule has 0 fully saturated rings. The summed E-state index contributed by atoms with van der Waals surface area (Å²) in [6.45, 7) is 5.67. The fraction of sp³-hybridized carbons (Fsp3) is 0.333. The topological polar surface area (TPSA) is 85.9 Å². The number of methoxy groups -OCH3 is 3. The maximum Gasteiger partial charge on any atom is 0.255 e. The summed E-state index contributed by atoms with van der Waals surface area (Å²) in [7, 11) is 4.44. The fourth-order valence-electron chi connectivity index (χ4n) is 2.60. The number of para-hydroxylation sites is 1. The molecule has 7 nitrogen and oxygen atoms in total. The Balaban J connectivity index is 2.35. The lowest BCUT2D eigenvalue weighted by atomic mass is 10.1. The molecule has 28 heavy (non-hydrogen) atoms. The lowest BCUT2D eigenvalue weighted by Crippen LogP contribution is -2.40. The van der Waals surface area contributed by atoms with Crippen LogP contribution in [0.15, 0.2) is 36.4 Å². The van der Waals surface area contributed by atoms with Gasteiger partial charge >= 0.3 is 0 Å². The maximum atomic E-state index is 12.8. The second-order valence-corrected chi connectivity index (χ2v) is 7.12. The Kier molecular flexibility index (Phi) is 6.51. The van der Waals surface area contributed by atoms with E-state index >= 15 is 0 Å². The Morgan fingerprint density at radius 3 is 1.93 bits per heavy atom. The molecule has 0 atom stereocenters. The summed E-state index contributed by atoms with van der Waals surface area (Å²) < 4.78 is 15.8. The van der Waals surface area contributed by atoms with Gasteiger partial charge in [0, 0.05) is 11.1 Å². The van der Waals surface area contributed by atoms with E-state index in [9.17, 15) is 9.59 Å². The fourth-order valence-corrected chi connectivity index (χ4v) is 2.60. The van der Waals surface area contributed by atoms with Crippen LogP contribution in [0, 0.1) is 0 Å². The van der Waals surface area contributed by atoms with Crippen LogP contribution >= 0.6 is 0 Å². The molecule has 0 unspecified atom stereocenters. The highest BCUT2D eigenvalue weighted by Gasteiger charge is 2.21. The van der Waals surface area contributed by atoms with Gasteiger partial charge in [0.25, 0.3) is 11.8 Å². The normalized spacial score (nSPS) is 10.8. The molecule has 2 aromatic rings. The number of rotatable bonds is 6. The first-order chi connectivity index (χ1) is 13.2. The van der Waals surface area contributed by atoms with E-state index in [2.05, 4.69) is 10.6 Å². The quantitative estimate of drug-likeness (QED) is 0.794. The second kappa shape index (κ2) is 8.65. The van der Waals surface area contributed by atoms with Crippen LogP contribution in [0.4, 0.5) is 5.69 Å². The Morgan fingerprint density at radius 2 is 1.43 bits per heavy atom. The molecule has 0 aliphatic carbocycles. The number of hydrogen-bond acceptors (Lipinski definition) is 5. The van der Waals surface area contributed by atoms with Crippen LogP contribution in [0.2, 0.25) is 0 Å².